The molecule has 1 N–H and O–H groups in total. The standard InChI is InChI=1S/C23H17ClN2O2/c24-18-8-5-9-19(13-18)28-15-23(27)26-25-14-22-20-10-3-1-6-16(20)12-17-7-2-4-11-21(17)22/h1-14H,15H2,(H,26,27)/b25-14-. The maximum absolute atomic E-state index is 12.0. The summed E-state index contributed by atoms with van der Waals surface area (Å²) in [6.07, 6.45) is 1.68. The van der Waals surface area contributed by atoms with Gasteiger partial charge >= 0.3 is 0 Å². The summed E-state index contributed by atoms with van der Waals surface area (Å²) in [4.78, 5) is 12.0. The van der Waals surface area contributed by atoms with E-state index in [2.05, 4.69) is 28.7 Å². The number of hydrogen-bond donors (Lipinski definition) is 1. The van der Waals surface area contributed by atoms with Gasteiger partial charge in [-0.25, -0.2) is 5.43 Å². The number of hydrogen-bond acceptors (Lipinski definition) is 3. The summed E-state index contributed by atoms with van der Waals surface area (Å²) in [7, 11) is 0. The van der Waals surface area contributed by atoms with Crippen molar-refractivity contribution >= 4 is 45.3 Å². The SMILES string of the molecule is O=C(COc1cccc(Cl)c1)N/N=C\c1c2ccccc2cc2ccccc12. The Bertz CT molecular complexity index is 1130. The van der Waals surface area contributed by atoms with Gasteiger partial charge in [0.1, 0.15) is 5.75 Å². The van der Waals surface area contributed by atoms with E-state index in [1.165, 1.54) is 0 Å². The molecule has 5 heteroatoms. The van der Waals surface area contributed by atoms with Crippen molar-refractivity contribution in [2.24, 2.45) is 5.10 Å². The number of benzene rings is 4. The number of fused-ring (bicyclic) bond motifs is 2. The Balaban J connectivity index is 1.52. The van der Waals surface area contributed by atoms with E-state index in [0.29, 0.717) is 10.8 Å². The van der Waals surface area contributed by atoms with Crippen molar-refractivity contribution in [2.75, 3.05) is 6.61 Å². The van der Waals surface area contributed by atoms with E-state index < -0.39 is 0 Å². The molecule has 0 radical (unpaired) electrons. The van der Waals surface area contributed by atoms with Crippen molar-refractivity contribution in [3.63, 3.8) is 0 Å². The molecular formula is C23H17ClN2O2. The maximum Gasteiger partial charge on any atom is 0.277 e. The smallest absolute Gasteiger partial charge is 0.277 e. The lowest BCUT2D eigenvalue weighted by atomic mass is 9.97. The van der Waals surface area contributed by atoms with E-state index in [4.69, 9.17) is 16.3 Å². The third kappa shape index (κ3) is 3.97. The zero-order valence-electron chi connectivity index (χ0n) is 14.9. The molecule has 0 saturated carbocycles. The van der Waals surface area contributed by atoms with Gasteiger partial charge < -0.3 is 4.74 Å². The van der Waals surface area contributed by atoms with E-state index >= 15 is 0 Å². The lowest BCUT2D eigenvalue weighted by Crippen LogP contribution is -2.24. The van der Waals surface area contributed by atoms with Gasteiger partial charge in [0, 0.05) is 10.6 Å². The number of carbonyl (C=O) groups excluding carboxylic acids is 1. The van der Waals surface area contributed by atoms with Gasteiger partial charge in [0.2, 0.25) is 0 Å². The minimum atomic E-state index is -0.347. The summed E-state index contributed by atoms with van der Waals surface area (Å²) >= 11 is 5.90. The Morgan fingerprint density at radius 2 is 1.61 bits per heavy atom. The molecular weight excluding hydrogens is 372 g/mol. The van der Waals surface area contributed by atoms with Crippen LogP contribution in [0.4, 0.5) is 0 Å². The van der Waals surface area contributed by atoms with E-state index in [1.54, 1.807) is 30.5 Å². The van der Waals surface area contributed by atoms with E-state index in [9.17, 15) is 4.79 Å². The Labute approximate surface area is 167 Å². The highest BCUT2D eigenvalue weighted by atomic mass is 35.5. The predicted molar refractivity (Wildman–Crippen MR) is 114 cm³/mol. The highest BCUT2D eigenvalue weighted by molar-refractivity contribution is 6.30. The number of nitrogens with zero attached hydrogens (tertiary/aromatic N) is 1. The fraction of sp³-hybridized carbons (Fsp3) is 0.0435. The normalized spacial score (nSPS) is 11.2. The van der Waals surface area contributed by atoms with Gasteiger partial charge in [-0.15, -0.1) is 0 Å². The van der Waals surface area contributed by atoms with E-state index in [-0.39, 0.29) is 12.5 Å². The van der Waals surface area contributed by atoms with Gasteiger partial charge in [0.05, 0.1) is 6.21 Å². The van der Waals surface area contributed by atoms with Crippen molar-refractivity contribution in [3.8, 4) is 5.75 Å². The highest BCUT2D eigenvalue weighted by Crippen LogP contribution is 2.27. The number of ether oxygens (including phenoxy) is 1. The van der Waals surface area contributed by atoms with Crippen LogP contribution in [0.3, 0.4) is 0 Å². The van der Waals surface area contributed by atoms with Crippen LogP contribution in [-0.2, 0) is 4.79 Å². The number of rotatable bonds is 5. The monoisotopic (exact) mass is 388 g/mol. The van der Waals surface area contributed by atoms with Crippen molar-refractivity contribution in [1.29, 1.82) is 0 Å². The molecule has 0 spiro atoms. The molecule has 0 heterocycles. The number of amides is 1. The topological polar surface area (TPSA) is 50.7 Å². The first kappa shape index (κ1) is 18.0. The molecule has 0 aliphatic heterocycles. The molecule has 1 amide bonds. The summed E-state index contributed by atoms with van der Waals surface area (Å²) in [6.45, 7) is -0.145. The van der Waals surface area contributed by atoms with Crippen LogP contribution < -0.4 is 10.2 Å². The van der Waals surface area contributed by atoms with Crippen LogP contribution in [0.1, 0.15) is 5.56 Å². The van der Waals surface area contributed by atoms with Crippen LogP contribution in [0, 0.1) is 0 Å². The molecule has 0 saturated heterocycles. The average Bonchev–Trinajstić information content (AvgIpc) is 2.72. The number of halogens is 1. The fourth-order valence-corrected chi connectivity index (χ4v) is 3.28. The van der Waals surface area contributed by atoms with Gasteiger partial charge in [0.15, 0.2) is 6.61 Å². The molecule has 138 valence electrons. The molecule has 28 heavy (non-hydrogen) atoms. The third-order valence-electron chi connectivity index (χ3n) is 4.36. The Morgan fingerprint density at radius 3 is 2.29 bits per heavy atom. The van der Waals surface area contributed by atoms with Crippen LogP contribution in [0.2, 0.25) is 5.02 Å². The van der Waals surface area contributed by atoms with Crippen molar-refractivity contribution in [1.82, 2.24) is 5.43 Å². The molecule has 0 bridgehead atoms. The summed E-state index contributed by atoms with van der Waals surface area (Å²) in [5.41, 5.74) is 3.48. The molecule has 4 rings (SSSR count). The molecule has 0 aliphatic rings. The predicted octanol–water partition coefficient (Wildman–Crippen LogP) is 5.18. The van der Waals surface area contributed by atoms with Crippen molar-refractivity contribution < 1.29 is 9.53 Å². The lowest BCUT2D eigenvalue weighted by Gasteiger charge is -2.08. The summed E-state index contributed by atoms with van der Waals surface area (Å²) < 4.78 is 5.42. The zero-order valence-corrected chi connectivity index (χ0v) is 15.7. The Morgan fingerprint density at radius 1 is 0.929 bits per heavy atom. The lowest BCUT2D eigenvalue weighted by molar-refractivity contribution is -0.123. The second-order valence-corrected chi connectivity index (χ2v) is 6.71. The number of hydrazone groups is 1. The first-order valence-electron chi connectivity index (χ1n) is 8.81. The van der Waals surface area contributed by atoms with Gasteiger partial charge in [-0.05, 0) is 45.8 Å². The van der Waals surface area contributed by atoms with Gasteiger partial charge in [0.25, 0.3) is 5.91 Å². The summed E-state index contributed by atoms with van der Waals surface area (Å²) in [6, 6.07) is 25.3. The van der Waals surface area contributed by atoms with Crippen LogP contribution >= 0.6 is 11.6 Å². The molecule has 0 aromatic heterocycles. The number of nitrogens with one attached hydrogen (secondary N) is 1. The molecule has 0 atom stereocenters. The molecule has 4 aromatic carbocycles. The first-order valence-corrected chi connectivity index (χ1v) is 9.19. The molecule has 0 fully saturated rings. The van der Waals surface area contributed by atoms with Gasteiger partial charge in [-0.3, -0.25) is 4.79 Å². The van der Waals surface area contributed by atoms with Crippen molar-refractivity contribution in [3.05, 3.63) is 89.4 Å². The Kier molecular flexibility index (Phi) is 5.22. The van der Waals surface area contributed by atoms with Crippen LogP contribution in [-0.4, -0.2) is 18.7 Å². The minimum Gasteiger partial charge on any atom is -0.484 e. The highest BCUT2D eigenvalue weighted by Gasteiger charge is 2.06. The van der Waals surface area contributed by atoms with Crippen LogP contribution in [0.25, 0.3) is 21.5 Å². The van der Waals surface area contributed by atoms with E-state index in [0.717, 1.165) is 27.1 Å². The molecule has 4 nitrogen and oxygen atoms in total. The molecule has 4 aromatic rings. The largest absolute Gasteiger partial charge is 0.484 e. The molecule has 0 aliphatic carbocycles. The second kappa shape index (κ2) is 8.11. The maximum atomic E-state index is 12.0. The van der Waals surface area contributed by atoms with E-state index in [1.807, 2.05) is 36.4 Å². The zero-order chi connectivity index (χ0) is 19.3. The van der Waals surface area contributed by atoms with Crippen molar-refractivity contribution in [2.45, 2.75) is 0 Å². The van der Waals surface area contributed by atoms with Gasteiger partial charge in [-0.1, -0.05) is 66.2 Å². The third-order valence-corrected chi connectivity index (χ3v) is 4.60. The fourth-order valence-electron chi connectivity index (χ4n) is 3.09. The summed E-state index contributed by atoms with van der Waals surface area (Å²) in [5, 5.41) is 9.10. The number of carbonyl (C=O) groups is 1. The quantitative estimate of drug-likeness (QED) is 0.291. The van der Waals surface area contributed by atoms with Crippen LogP contribution in [0.15, 0.2) is 84.0 Å². The summed E-state index contributed by atoms with van der Waals surface area (Å²) in [5.74, 6) is 0.187. The average molecular weight is 389 g/mol. The molecule has 0 unspecified atom stereocenters. The minimum absolute atomic E-state index is 0.145. The second-order valence-electron chi connectivity index (χ2n) is 6.27. The Hall–Kier alpha value is -3.37. The first-order chi connectivity index (χ1) is 13.7. The van der Waals surface area contributed by atoms with Crippen LogP contribution in [0.5, 0.6) is 5.75 Å². The van der Waals surface area contributed by atoms with Gasteiger partial charge in [-0.2, -0.15) is 5.10 Å².